The molecule has 11 heteroatoms. The molecule has 0 aliphatic carbocycles. The molecule has 4 aromatic rings. The number of ether oxygens (including phenoxy) is 2. The van der Waals surface area contributed by atoms with Crippen LogP contribution in [0.4, 0.5) is 18.0 Å². The molecule has 0 aromatic heterocycles. The lowest BCUT2D eigenvalue weighted by molar-refractivity contribution is -0.142. The number of carboxylic acids is 1. The zero-order chi connectivity index (χ0) is 34.4. The molecule has 0 radical (unpaired) electrons. The van der Waals surface area contributed by atoms with Crippen molar-refractivity contribution in [3.05, 3.63) is 125 Å². The molecular formula is C37H35F3N2O6. The number of carbonyl (C=O) groups excluding carboxylic acids is 2. The molecule has 250 valence electrons. The van der Waals surface area contributed by atoms with E-state index in [0.717, 1.165) is 34.4 Å². The van der Waals surface area contributed by atoms with Crippen molar-refractivity contribution in [3.63, 3.8) is 0 Å². The van der Waals surface area contributed by atoms with Gasteiger partial charge in [0.15, 0.2) is 0 Å². The van der Waals surface area contributed by atoms with Crippen LogP contribution in [-0.2, 0) is 46.5 Å². The first-order valence-corrected chi connectivity index (χ1v) is 15.4. The van der Waals surface area contributed by atoms with E-state index in [2.05, 4.69) is 5.32 Å². The lowest BCUT2D eigenvalue weighted by Gasteiger charge is -2.36. The number of fused-ring (bicyclic) bond motifs is 1. The molecule has 0 bridgehead atoms. The van der Waals surface area contributed by atoms with E-state index < -0.39 is 47.9 Å². The van der Waals surface area contributed by atoms with Crippen molar-refractivity contribution in [3.8, 4) is 16.9 Å². The Hall–Kier alpha value is -5.32. The van der Waals surface area contributed by atoms with Gasteiger partial charge in [-0.2, -0.15) is 13.2 Å². The van der Waals surface area contributed by atoms with Gasteiger partial charge in [0.1, 0.15) is 24.4 Å². The molecule has 0 saturated carbocycles. The maximum Gasteiger partial charge on any atom is 0.416 e. The Morgan fingerprint density at radius 3 is 2.15 bits per heavy atom. The summed E-state index contributed by atoms with van der Waals surface area (Å²) in [7, 11) is 0. The van der Waals surface area contributed by atoms with Gasteiger partial charge < -0.3 is 19.9 Å². The Balaban J connectivity index is 1.29. The van der Waals surface area contributed by atoms with E-state index in [-0.39, 0.29) is 26.0 Å². The summed E-state index contributed by atoms with van der Waals surface area (Å²) >= 11 is 0. The number of amides is 2. The predicted octanol–water partition coefficient (Wildman–Crippen LogP) is 7.04. The minimum atomic E-state index is -4.43. The first-order chi connectivity index (χ1) is 22.9. The molecule has 5 rings (SSSR count). The van der Waals surface area contributed by atoms with Gasteiger partial charge in [-0.3, -0.25) is 9.69 Å². The molecule has 4 aromatic carbocycles. The number of alkyl halides is 3. The Labute approximate surface area is 276 Å². The highest BCUT2D eigenvalue weighted by atomic mass is 19.4. The van der Waals surface area contributed by atoms with E-state index in [9.17, 15) is 32.7 Å². The summed E-state index contributed by atoms with van der Waals surface area (Å²) < 4.78 is 49.9. The number of nitrogens with one attached hydrogen (secondary N) is 1. The summed E-state index contributed by atoms with van der Waals surface area (Å²) in [5, 5.41) is 12.6. The second-order valence-corrected chi connectivity index (χ2v) is 11.9. The van der Waals surface area contributed by atoms with E-state index in [1.807, 2.05) is 54.6 Å². The molecule has 48 heavy (non-hydrogen) atoms. The Kier molecular flexibility index (Phi) is 10.4. The largest absolute Gasteiger partial charge is 0.489 e. The number of rotatable bonds is 10. The number of aliphatic carboxylic acids is 1. The number of nitrogens with zero attached hydrogens (tertiary/aromatic N) is 1. The van der Waals surface area contributed by atoms with Gasteiger partial charge >= 0.3 is 18.2 Å². The molecule has 2 atom stereocenters. The second-order valence-electron chi connectivity index (χ2n) is 11.9. The van der Waals surface area contributed by atoms with E-state index in [4.69, 9.17) is 9.47 Å². The normalized spacial score (nSPS) is 15.0. The van der Waals surface area contributed by atoms with Gasteiger partial charge in [0.25, 0.3) is 0 Å². The predicted molar refractivity (Wildman–Crippen MR) is 172 cm³/mol. The standard InChI is InChI=1S/C37H35F3N2O6/c1-23(2)48-36(46)42-21-29-19-31(47-22-25-10-15-30(16-11-25)37(38,39)40)17-14-28(29)20-33(42)34(43)41-32(35(44)45)18-24-8-12-27(13-9-24)26-6-4-3-5-7-26/h3-17,19,23,32-33H,18,20-22H2,1-2H3,(H,41,43)(H,44,45)/t32-,33-/m0/s1. The number of halogens is 3. The van der Waals surface area contributed by atoms with Crippen LogP contribution in [-0.4, -0.2) is 46.2 Å². The van der Waals surface area contributed by atoms with Crippen LogP contribution < -0.4 is 10.1 Å². The molecule has 0 spiro atoms. The number of hydrogen-bond donors (Lipinski definition) is 2. The highest BCUT2D eigenvalue weighted by Gasteiger charge is 2.38. The molecular weight excluding hydrogens is 625 g/mol. The van der Waals surface area contributed by atoms with E-state index in [1.165, 1.54) is 17.0 Å². The molecule has 2 amide bonds. The average molecular weight is 661 g/mol. The van der Waals surface area contributed by atoms with Gasteiger partial charge in [-0.25, -0.2) is 9.59 Å². The lowest BCUT2D eigenvalue weighted by Crippen LogP contribution is -2.56. The highest BCUT2D eigenvalue weighted by Crippen LogP contribution is 2.31. The summed E-state index contributed by atoms with van der Waals surface area (Å²) in [6.07, 6.45) is -5.48. The Bertz CT molecular complexity index is 1740. The molecule has 0 saturated heterocycles. The third kappa shape index (κ3) is 8.52. The van der Waals surface area contributed by atoms with Crippen LogP contribution in [0, 0.1) is 0 Å². The van der Waals surface area contributed by atoms with Crippen molar-refractivity contribution in [1.82, 2.24) is 10.2 Å². The van der Waals surface area contributed by atoms with Crippen LogP contribution in [0.25, 0.3) is 11.1 Å². The van der Waals surface area contributed by atoms with Crippen molar-refractivity contribution < 1.29 is 42.1 Å². The fourth-order valence-corrected chi connectivity index (χ4v) is 5.47. The number of carbonyl (C=O) groups is 3. The zero-order valence-corrected chi connectivity index (χ0v) is 26.4. The summed E-state index contributed by atoms with van der Waals surface area (Å²) in [6.45, 7) is 3.38. The van der Waals surface area contributed by atoms with Gasteiger partial charge in [-0.05, 0) is 71.5 Å². The number of hydrogen-bond acceptors (Lipinski definition) is 5. The number of benzene rings is 4. The first kappa shape index (κ1) is 34.0. The summed E-state index contributed by atoms with van der Waals surface area (Å²) in [5.74, 6) is -1.41. The summed E-state index contributed by atoms with van der Waals surface area (Å²) in [6, 6.07) is 24.7. The van der Waals surface area contributed by atoms with Crippen LogP contribution in [0.5, 0.6) is 5.75 Å². The maximum atomic E-state index is 13.6. The maximum absolute atomic E-state index is 13.6. The number of carboxylic acid groups (broad SMARTS) is 1. The van der Waals surface area contributed by atoms with Crippen LogP contribution in [0.1, 0.15) is 41.7 Å². The average Bonchev–Trinajstić information content (AvgIpc) is 3.06. The summed E-state index contributed by atoms with van der Waals surface area (Å²) in [4.78, 5) is 40.3. The fourth-order valence-electron chi connectivity index (χ4n) is 5.47. The quantitative estimate of drug-likeness (QED) is 0.189. The third-order valence-electron chi connectivity index (χ3n) is 7.98. The fraction of sp³-hybridized carbons (Fsp3) is 0.270. The van der Waals surface area contributed by atoms with Crippen LogP contribution in [0.3, 0.4) is 0 Å². The van der Waals surface area contributed by atoms with Gasteiger partial charge in [-0.15, -0.1) is 0 Å². The first-order valence-electron chi connectivity index (χ1n) is 15.4. The van der Waals surface area contributed by atoms with Gasteiger partial charge in [0, 0.05) is 12.8 Å². The third-order valence-corrected chi connectivity index (χ3v) is 7.98. The molecule has 8 nitrogen and oxygen atoms in total. The Morgan fingerprint density at radius 1 is 0.875 bits per heavy atom. The van der Waals surface area contributed by atoms with Crippen molar-refractivity contribution in [1.29, 1.82) is 0 Å². The molecule has 1 aliphatic heterocycles. The van der Waals surface area contributed by atoms with Crippen LogP contribution >= 0.6 is 0 Å². The monoisotopic (exact) mass is 660 g/mol. The summed E-state index contributed by atoms with van der Waals surface area (Å²) in [5.41, 5.74) is 3.96. The molecule has 1 heterocycles. The minimum absolute atomic E-state index is 0.00482. The Morgan fingerprint density at radius 2 is 1.52 bits per heavy atom. The lowest BCUT2D eigenvalue weighted by atomic mass is 9.93. The van der Waals surface area contributed by atoms with Crippen molar-refractivity contribution in [2.24, 2.45) is 0 Å². The van der Waals surface area contributed by atoms with Gasteiger partial charge in [-0.1, -0.05) is 72.8 Å². The SMILES string of the molecule is CC(C)OC(=O)N1Cc2cc(OCc3ccc(C(F)(F)F)cc3)ccc2C[C@H]1C(=O)N[C@@H](Cc1ccc(-c2ccccc2)cc1)C(=O)O. The molecule has 1 aliphatic rings. The molecule has 0 unspecified atom stereocenters. The minimum Gasteiger partial charge on any atom is -0.489 e. The van der Waals surface area contributed by atoms with Crippen molar-refractivity contribution in [2.75, 3.05) is 0 Å². The van der Waals surface area contributed by atoms with E-state index in [1.54, 1.807) is 32.0 Å². The van der Waals surface area contributed by atoms with Gasteiger partial charge in [0.05, 0.1) is 18.2 Å². The zero-order valence-electron chi connectivity index (χ0n) is 26.4. The van der Waals surface area contributed by atoms with E-state index in [0.29, 0.717) is 16.9 Å². The molecule has 2 N–H and O–H groups in total. The van der Waals surface area contributed by atoms with E-state index >= 15 is 0 Å². The van der Waals surface area contributed by atoms with Gasteiger partial charge in [0.2, 0.25) is 5.91 Å². The second kappa shape index (κ2) is 14.6. The van der Waals surface area contributed by atoms with Crippen LogP contribution in [0.15, 0.2) is 97.1 Å². The van der Waals surface area contributed by atoms with Crippen molar-refractivity contribution >= 4 is 18.0 Å². The van der Waals surface area contributed by atoms with Crippen molar-refractivity contribution in [2.45, 2.75) is 64.2 Å². The van der Waals surface area contributed by atoms with Crippen LogP contribution in [0.2, 0.25) is 0 Å². The highest BCUT2D eigenvalue weighted by molar-refractivity contribution is 5.90. The topological polar surface area (TPSA) is 105 Å². The smallest absolute Gasteiger partial charge is 0.416 e. The molecule has 0 fully saturated rings.